The van der Waals surface area contributed by atoms with Crippen LogP contribution >= 0.6 is 0 Å². The molecule has 25 heavy (non-hydrogen) atoms. The van der Waals surface area contributed by atoms with E-state index in [-0.39, 0.29) is 17.5 Å². The van der Waals surface area contributed by atoms with Gasteiger partial charge in [0.1, 0.15) is 17.1 Å². The van der Waals surface area contributed by atoms with Gasteiger partial charge in [0, 0.05) is 20.3 Å². The fraction of sp³-hybridized carbons (Fsp3) is 0.500. The number of esters is 2. The Hall–Kier alpha value is -2.30. The first-order chi connectivity index (χ1) is 11.6. The molecule has 1 atom stereocenters. The van der Waals surface area contributed by atoms with E-state index >= 15 is 0 Å². The lowest BCUT2D eigenvalue weighted by Gasteiger charge is -2.25. The SMILES string of the molecule is C=C1CCC(C)(CCc2cc(OC(C)=O)c(C)c(C)c2OC(C)=O)O1. The molecule has 0 radical (unpaired) electrons. The summed E-state index contributed by atoms with van der Waals surface area (Å²) in [5, 5.41) is 0. The number of allylic oxidation sites excluding steroid dienone is 1. The Labute approximate surface area is 149 Å². The van der Waals surface area contributed by atoms with Crippen LogP contribution < -0.4 is 9.47 Å². The lowest BCUT2D eigenvalue weighted by Crippen LogP contribution is -2.23. The van der Waals surface area contributed by atoms with Crippen molar-refractivity contribution in [3.8, 4) is 11.5 Å². The van der Waals surface area contributed by atoms with Crippen molar-refractivity contribution in [2.45, 2.75) is 65.9 Å². The highest BCUT2D eigenvalue weighted by Crippen LogP contribution is 2.39. The zero-order valence-corrected chi connectivity index (χ0v) is 15.7. The van der Waals surface area contributed by atoms with Gasteiger partial charge >= 0.3 is 11.9 Å². The van der Waals surface area contributed by atoms with E-state index in [0.29, 0.717) is 17.9 Å². The van der Waals surface area contributed by atoms with Crippen LogP contribution in [0, 0.1) is 13.8 Å². The highest BCUT2D eigenvalue weighted by molar-refractivity contribution is 5.73. The molecular weight excluding hydrogens is 320 g/mol. The van der Waals surface area contributed by atoms with Crippen LogP contribution in [0.2, 0.25) is 0 Å². The molecule has 0 saturated carbocycles. The topological polar surface area (TPSA) is 61.8 Å². The molecule has 5 heteroatoms. The van der Waals surface area contributed by atoms with Crippen molar-refractivity contribution in [2.24, 2.45) is 0 Å². The van der Waals surface area contributed by atoms with Crippen LogP contribution in [0.1, 0.15) is 56.7 Å². The minimum Gasteiger partial charge on any atom is -0.493 e. The van der Waals surface area contributed by atoms with Crippen molar-refractivity contribution < 1.29 is 23.8 Å². The quantitative estimate of drug-likeness (QED) is 0.591. The number of hydrogen-bond acceptors (Lipinski definition) is 5. The van der Waals surface area contributed by atoms with Crippen molar-refractivity contribution in [2.75, 3.05) is 0 Å². The van der Waals surface area contributed by atoms with Crippen molar-refractivity contribution in [1.82, 2.24) is 0 Å². The van der Waals surface area contributed by atoms with Crippen molar-refractivity contribution in [3.05, 3.63) is 35.1 Å². The standard InChI is InChI=1S/C20H26O5/c1-12-7-9-20(6,25-12)10-8-17-11-18(23-15(4)21)13(2)14(3)19(17)24-16(5)22/h11H,1,7-10H2,2-6H3. The Morgan fingerprint density at radius 3 is 2.36 bits per heavy atom. The molecule has 1 aliphatic heterocycles. The number of carbonyl (C=O) groups is 2. The Bertz CT molecular complexity index is 719. The van der Waals surface area contributed by atoms with Crippen LogP contribution in [0.3, 0.4) is 0 Å². The molecule has 0 aliphatic carbocycles. The van der Waals surface area contributed by atoms with Gasteiger partial charge < -0.3 is 14.2 Å². The van der Waals surface area contributed by atoms with Crippen LogP contribution in [0.4, 0.5) is 0 Å². The maximum Gasteiger partial charge on any atom is 0.308 e. The van der Waals surface area contributed by atoms with Gasteiger partial charge in [-0.15, -0.1) is 0 Å². The molecule has 0 bridgehead atoms. The first-order valence-electron chi connectivity index (χ1n) is 8.48. The van der Waals surface area contributed by atoms with Crippen molar-refractivity contribution >= 4 is 11.9 Å². The third kappa shape index (κ3) is 4.62. The molecule has 1 aromatic carbocycles. The third-order valence-corrected chi connectivity index (χ3v) is 4.62. The minimum atomic E-state index is -0.379. The summed E-state index contributed by atoms with van der Waals surface area (Å²) in [7, 11) is 0. The second kappa shape index (κ2) is 7.30. The Morgan fingerprint density at radius 1 is 1.20 bits per heavy atom. The maximum absolute atomic E-state index is 11.5. The summed E-state index contributed by atoms with van der Waals surface area (Å²) in [5.74, 6) is 1.10. The number of ether oxygens (including phenoxy) is 3. The Morgan fingerprint density at radius 2 is 1.84 bits per heavy atom. The molecule has 1 aromatic rings. The molecule has 0 N–H and O–H groups in total. The fourth-order valence-electron chi connectivity index (χ4n) is 3.09. The van der Waals surface area contributed by atoms with Crippen LogP contribution in [0.5, 0.6) is 11.5 Å². The number of aryl methyl sites for hydroxylation is 1. The maximum atomic E-state index is 11.5. The minimum absolute atomic E-state index is 0.273. The van der Waals surface area contributed by atoms with Crippen LogP contribution in [0.25, 0.3) is 0 Å². The van der Waals surface area contributed by atoms with Gasteiger partial charge in [-0.3, -0.25) is 9.59 Å². The first-order valence-corrected chi connectivity index (χ1v) is 8.48. The molecule has 1 unspecified atom stereocenters. The smallest absolute Gasteiger partial charge is 0.308 e. The van der Waals surface area contributed by atoms with E-state index in [0.717, 1.165) is 41.7 Å². The van der Waals surface area contributed by atoms with Gasteiger partial charge in [-0.1, -0.05) is 6.58 Å². The van der Waals surface area contributed by atoms with E-state index in [1.807, 2.05) is 13.8 Å². The zero-order chi connectivity index (χ0) is 18.8. The molecule has 136 valence electrons. The van der Waals surface area contributed by atoms with E-state index in [1.165, 1.54) is 13.8 Å². The van der Waals surface area contributed by atoms with Crippen LogP contribution in [-0.2, 0) is 20.7 Å². The summed E-state index contributed by atoms with van der Waals surface area (Å²) < 4.78 is 16.6. The highest BCUT2D eigenvalue weighted by Gasteiger charge is 2.33. The monoisotopic (exact) mass is 346 g/mol. The van der Waals surface area contributed by atoms with E-state index in [2.05, 4.69) is 13.5 Å². The van der Waals surface area contributed by atoms with Gasteiger partial charge in [0.25, 0.3) is 0 Å². The summed E-state index contributed by atoms with van der Waals surface area (Å²) in [6.45, 7) is 12.4. The average Bonchev–Trinajstić information content (AvgIpc) is 2.84. The molecule has 1 fully saturated rings. The number of hydrogen-bond donors (Lipinski definition) is 0. The summed E-state index contributed by atoms with van der Waals surface area (Å²) >= 11 is 0. The van der Waals surface area contributed by atoms with Crippen molar-refractivity contribution in [1.29, 1.82) is 0 Å². The third-order valence-electron chi connectivity index (χ3n) is 4.62. The molecule has 0 spiro atoms. The highest BCUT2D eigenvalue weighted by atomic mass is 16.5. The number of carbonyl (C=O) groups excluding carboxylic acids is 2. The predicted octanol–water partition coefficient (Wildman–Crippen LogP) is 4.17. The molecular formula is C20H26O5. The van der Waals surface area contributed by atoms with Gasteiger partial charge in [0.05, 0.1) is 5.76 Å². The van der Waals surface area contributed by atoms with Gasteiger partial charge in [-0.2, -0.15) is 0 Å². The van der Waals surface area contributed by atoms with E-state index in [4.69, 9.17) is 14.2 Å². The van der Waals surface area contributed by atoms with E-state index in [1.54, 1.807) is 6.07 Å². The molecule has 2 rings (SSSR count). The van der Waals surface area contributed by atoms with Gasteiger partial charge in [-0.05, 0) is 62.8 Å². The summed E-state index contributed by atoms with van der Waals surface area (Å²) in [4.78, 5) is 22.9. The molecule has 1 saturated heterocycles. The lowest BCUT2D eigenvalue weighted by atomic mass is 9.92. The molecule has 1 heterocycles. The van der Waals surface area contributed by atoms with Crippen LogP contribution in [-0.4, -0.2) is 17.5 Å². The molecule has 1 aliphatic rings. The number of rotatable bonds is 5. The second-order valence-corrected chi connectivity index (χ2v) is 6.89. The second-order valence-electron chi connectivity index (χ2n) is 6.89. The first kappa shape index (κ1) is 19.0. The molecule has 0 amide bonds. The average molecular weight is 346 g/mol. The molecule has 0 aromatic heterocycles. The van der Waals surface area contributed by atoms with Gasteiger partial charge in [-0.25, -0.2) is 0 Å². The van der Waals surface area contributed by atoms with Gasteiger partial charge in [0.15, 0.2) is 0 Å². The predicted molar refractivity (Wildman–Crippen MR) is 94.7 cm³/mol. The summed E-state index contributed by atoms with van der Waals surface area (Å²) in [6.07, 6.45) is 3.17. The summed E-state index contributed by atoms with van der Waals surface area (Å²) in [6, 6.07) is 1.79. The number of benzene rings is 1. The Kier molecular flexibility index (Phi) is 5.55. The molecule has 5 nitrogen and oxygen atoms in total. The fourth-order valence-corrected chi connectivity index (χ4v) is 3.09. The largest absolute Gasteiger partial charge is 0.493 e. The van der Waals surface area contributed by atoms with E-state index < -0.39 is 0 Å². The van der Waals surface area contributed by atoms with E-state index in [9.17, 15) is 9.59 Å². The summed E-state index contributed by atoms with van der Waals surface area (Å²) in [5.41, 5.74) is 2.14. The van der Waals surface area contributed by atoms with Crippen LogP contribution in [0.15, 0.2) is 18.4 Å². The van der Waals surface area contributed by atoms with Gasteiger partial charge in [0.2, 0.25) is 0 Å². The van der Waals surface area contributed by atoms with Crippen molar-refractivity contribution in [3.63, 3.8) is 0 Å². The Balaban J connectivity index is 2.35. The lowest BCUT2D eigenvalue weighted by molar-refractivity contribution is -0.133. The normalized spacial score (nSPS) is 19.5. The zero-order valence-electron chi connectivity index (χ0n) is 15.7.